The molecule has 1 aliphatic rings. The Kier molecular flexibility index (Phi) is 8.95. The molecule has 0 radical (unpaired) electrons. The molecule has 1 atom stereocenters. The molecule has 0 bridgehead atoms. The summed E-state index contributed by atoms with van der Waals surface area (Å²) in [4.78, 5) is 43.5. The molecular formula is C29H29BrN2O7S. The van der Waals surface area contributed by atoms with Gasteiger partial charge in [0, 0.05) is 17.0 Å². The van der Waals surface area contributed by atoms with E-state index in [0.29, 0.717) is 50.0 Å². The number of allylic oxidation sites excluding steroid dienone is 1. The first-order chi connectivity index (χ1) is 19.0. The first-order valence-corrected chi connectivity index (χ1v) is 14.2. The lowest BCUT2D eigenvalue weighted by molar-refractivity contribution is -0.136. The number of ether oxygens (including phenoxy) is 4. The monoisotopic (exact) mass is 628 g/mol. The topological polar surface area (TPSA) is 105 Å². The predicted octanol–water partition coefficient (Wildman–Crippen LogP) is 4.28. The second kappa shape index (κ2) is 12.2. The Balaban J connectivity index is 1.95. The van der Waals surface area contributed by atoms with Gasteiger partial charge < -0.3 is 18.9 Å². The van der Waals surface area contributed by atoms with Gasteiger partial charge in [-0.2, -0.15) is 0 Å². The molecule has 11 heteroatoms. The number of fused-ring (bicyclic) bond motifs is 1. The normalized spacial score (nSPS) is 15.0. The lowest BCUT2D eigenvalue weighted by atomic mass is 9.95. The van der Waals surface area contributed by atoms with Crippen LogP contribution < -0.4 is 29.1 Å². The predicted molar refractivity (Wildman–Crippen MR) is 155 cm³/mol. The minimum absolute atomic E-state index is 0.142. The third kappa shape index (κ3) is 6.05. The highest BCUT2D eigenvalue weighted by molar-refractivity contribution is 9.10. The van der Waals surface area contributed by atoms with Gasteiger partial charge in [0.1, 0.15) is 11.8 Å². The highest BCUT2D eigenvalue weighted by Crippen LogP contribution is 2.38. The quantitative estimate of drug-likeness (QED) is 0.271. The van der Waals surface area contributed by atoms with E-state index in [4.69, 9.17) is 18.9 Å². The Morgan fingerprint density at radius 3 is 2.52 bits per heavy atom. The Labute approximate surface area is 243 Å². The van der Waals surface area contributed by atoms with E-state index < -0.39 is 18.0 Å². The number of carbonyl (C=O) groups excluding carboxylic acids is 2. The molecule has 1 unspecified atom stereocenters. The van der Waals surface area contributed by atoms with E-state index in [1.165, 1.54) is 29.9 Å². The molecule has 2 aromatic carbocycles. The van der Waals surface area contributed by atoms with Crippen molar-refractivity contribution in [2.75, 3.05) is 13.7 Å². The Morgan fingerprint density at radius 1 is 1.15 bits per heavy atom. The van der Waals surface area contributed by atoms with Crippen molar-refractivity contribution >= 4 is 45.3 Å². The highest BCUT2D eigenvalue weighted by atomic mass is 79.9. The van der Waals surface area contributed by atoms with E-state index in [0.717, 1.165) is 4.47 Å². The second-order valence-electron chi connectivity index (χ2n) is 9.15. The summed E-state index contributed by atoms with van der Waals surface area (Å²) < 4.78 is 24.8. The summed E-state index contributed by atoms with van der Waals surface area (Å²) in [6.45, 7) is 9.03. The summed E-state index contributed by atoms with van der Waals surface area (Å²) in [7, 11) is 1.30. The molecule has 9 nitrogen and oxygen atoms in total. The van der Waals surface area contributed by atoms with Gasteiger partial charge >= 0.3 is 11.9 Å². The minimum atomic E-state index is -0.831. The third-order valence-corrected chi connectivity index (χ3v) is 7.35. The van der Waals surface area contributed by atoms with Gasteiger partial charge in [0.15, 0.2) is 16.3 Å². The number of thiazole rings is 1. The summed E-state index contributed by atoms with van der Waals surface area (Å²) in [5, 5.41) is 0. The van der Waals surface area contributed by atoms with E-state index in [1.807, 2.05) is 32.9 Å². The van der Waals surface area contributed by atoms with Crippen LogP contribution in [-0.2, 0) is 14.3 Å². The molecule has 0 N–H and O–H groups in total. The molecule has 0 spiro atoms. The molecule has 4 rings (SSSR count). The van der Waals surface area contributed by atoms with Crippen molar-refractivity contribution in [3.05, 3.63) is 83.0 Å². The van der Waals surface area contributed by atoms with Crippen molar-refractivity contribution in [2.45, 2.75) is 46.8 Å². The molecule has 0 aliphatic carbocycles. The average molecular weight is 630 g/mol. The van der Waals surface area contributed by atoms with Crippen LogP contribution in [-0.4, -0.2) is 36.3 Å². The Hall–Kier alpha value is -3.70. The standard InChI is InChI=1S/C29H29BrN2O7S/c1-7-37-23-12-18(8-10-22(23)39-17(5)33)13-24-27(34)32-26(20-14-19(30)9-11-21(20)38-15(2)3)25(28(35)36-6)16(4)31-29(32)40-24/h8-15,26H,7H2,1-6H3/b24-13-. The van der Waals surface area contributed by atoms with E-state index in [2.05, 4.69) is 20.9 Å². The third-order valence-electron chi connectivity index (χ3n) is 5.88. The fraction of sp³-hybridized carbons (Fsp3) is 0.310. The highest BCUT2D eigenvalue weighted by Gasteiger charge is 2.35. The van der Waals surface area contributed by atoms with Gasteiger partial charge in [-0.1, -0.05) is 33.3 Å². The molecule has 210 valence electrons. The van der Waals surface area contributed by atoms with E-state index in [9.17, 15) is 14.4 Å². The zero-order chi connectivity index (χ0) is 29.1. The van der Waals surface area contributed by atoms with Crippen LogP contribution in [0.2, 0.25) is 0 Å². The van der Waals surface area contributed by atoms with Gasteiger partial charge in [-0.15, -0.1) is 0 Å². The first-order valence-electron chi connectivity index (χ1n) is 12.6. The number of esters is 2. The number of methoxy groups -OCH3 is 1. The summed E-state index contributed by atoms with van der Waals surface area (Å²) in [6, 6.07) is 9.70. The number of benzene rings is 2. The zero-order valence-corrected chi connectivity index (χ0v) is 25.3. The maximum Gasteiger partial charge on any atom is 0.338 e. The van der Waals surface area contributed by atoms with Gasteiger partial charge in [0.05, 0.1) is 35.6 Å². The molecule has 40 heavy (non-hydrogen) atoms. The van der Waals surface area contributed by atoms with Gasteiger partial charge in [-0.3, -0.25) is 14.2 Å². The zero-order valence-electron chi connectivity index (χ0n) is 22.9. The molecule has 1 aliphatic heterocycles. The average Bonchev–Trinajstić information content (AvgIpc) is 3.19. The van der Waals surface area contributed by atoms with Crippen LogP contribution in [0.25, 0.3) is 6.08 Å². The molecule has 0 fully saturated rings. The molecule has 1 aromatic heterocycles. The van der Waals surface area contributed by atoms with Crippen molar-refractivity contribution in [3.63, 3.8) is 0 Å². The molecule has 0 amide bonds. The summed E-state index contributed by atoms with van der Waals surface area (Å²) in [5.74, 6) is 0.158. The Bertz CT molecular complexity index is 1690. The van der Waals surface area contributed by atoms with Gasteiger partial charge in [0.25, 0.3) is 5.56 Å². The van der Waals surface area contributed by atoms with E-state index >= 15 is 0 Å². The van der Waals surface area contributed by atoms with Crippen LogP contribution in [0.4, 0.5) is 0 Å². The van der Waals surface area contributed by atoms with Gasteiger partial charge in [-0.25, -0.2) is 9.79 Å². The van der Waals surface area contributed by atoms with Crippen molar-refractivity contribution < 1.29 is 28.5 Å². The van der Waals surface area contributed by atoms with Crippen molar-refractivity contribution in [3.8, 4) is 17.2 Å². The fourth-order valence-corrected chi connectivity index (χ4v) is 5.78. The maximum absolute atomic E-state index is 14.0. The number of rotatable bonds is 8. The summed E-state index contributed by atoms with van der Waals surface area (Å²) in [6.07, 6.45) is 1.57. The Morgan fingerprint density at radius 2 is 1.88 bits per heavy atom. The number of hydrogen-bond acceptors (Lipinski definition) is 9. The SMILES string of the molecule is CCOc1cc(/C=c2\sc3n(c2=O)C(c2cc(Br)ccc2OC(C)C)C(C(=O)OC)=C(C)N=3)ccc1OC(C)=O. The number of aromatic nitrogens is 1. The van der Waals surface area contributed by atoms with Crippen LogP contribution in [0.1, 0.15) is 51.8 Å². The second-order valence-corrected chi connectivity index (χ2v) is 11.1. The fourth-order valence-electron chi connectivity index (χ4n) is 4.35. The molecule has 2 heterocycles. The lowest BCUT2D eigenvalue weighted by Gasteiger charge is -2.26. The maximum atomic E-state index is 14.0. The van der Waals surface area contributed by atoms with Crippen molar-refractivity contribution in [1.82, 2.24) is 4.57 Å². The summed E-state index contributed by atoms with van der Waals surface area (Å²) in [5.41, 5.74) is 1.65. The number of carbonyl (C=O) groups is 2. The van der Waals surface area contributed by atoms with E-state index in [1.54, 1.807) is 37.3 Å². The number of halogens is 1. The van der Waals surface area contributed by atoms with Crippen LogP contribution in [0.15, 0.2) is 61.9 Å². The van der Waals surface area contributed by atoms with E-state index in [-0.39, 0.29) is 17.2 Å². The lowest BCUT2D eigenvalue weighted by Crippen LogP contribution is -2.40. The smallest absolute Gasteiger partial charge is 0.338 e. The van der Waals surface area contributed by atoms with Crippen LogP contribution in [0.5, 0.6) is 17.2 Å². The molecule has 0 saturated heterocycles. The minimum Gasteiger partial charge on any atom is -0.491 e. The van der Waals surface area contributed by atoms with Crippen molar-refractivity contribution in [1.29, 1.82) is 0 Å². The molecule has 0 saturated carbocycles. The van der Waals surface area contributed by atoms with Crippen LogP contribution in [0.3, 0.4) is 0 Å². The van der Waals surface area contributed by atoms with Crippen molar-refractivity contribution in [2.24, 2.45) is 4.99 Å². The van der Waals surface area contributed by atoms with Crippen LogP contribution in [0, 0.1) is 0 Å². The van der Waals surface area contributed by atoms with Crippen LogP contribution >= 0.6 is 27.3 Å². The number of nitrogens with zero attached hydrogens (tertiary/aromatic N) is 2. The largest absolute Gasteiger partial charge is 0.491 e. The molecular weight excluding hydrogens is 600 g/mol. The van der Waals surface area contributed by atoms with Gasteiger partial charge in [0.2, 0.25) is 0 Å². The van der Waals surface area contributed by atoms with Gasteiger partial charge in [-0.05, 0) is 69.7 Å². The molecule has 3 aromatic rings. The first kappa shape index (κ1) is 29.3. The number of hydrogen-bond donors (Lipinski definition) is 0. The summed E-state index contributed by atoms with van der Waals surface area (Å²) >= 11 is 4.72.